The van der Waals surface area contributed by atoms with Crippen LogP contribution in [0.3, 0.4) is 0 Å². The largest absolute Gasteiger partial charge is 0.357 e. The van der Waals surface area contributed by atoms with Gasteiger partial charge in [0.25, 0.3) is 0 Å². The van der Waals surface area contributed by atoms with Crippen molar-refractivity contribution in [3.8, 4) is 0 Å². The summed E-state index contributed by atoms with van der Waals surface area (Å²) in [6.45, 7) is 0.0138. The number of rotatable bonds is 3. The Hall–Kier alpha value is -1.85. The molecular formula is C16H11F2NOS. The molecule has 1 aliphatic rings. The van der Waals surface area contributed by atoms with Gasteiger partial charge in [0.1, 0.15) is 0 Å². The van der Waals surface area contributed by atoms with Crippen molar-refractivity contribution in [3.05, 3.63) is 65.2 Å². The van der Waals surface area contributed by atoms with Crippen LogP contribution in [0.1, 0.15) is 10.6 Å². The van der Waals surface area contributed by atoms with Gasteiger partial charge in [-0.25, -0.2) is 4.98 Å². The quantitative estimate of drug-likeness (QED) is 0.674. The van der Waals surface area contributed by atoms with Gasteiger partial charge < -0.3 is 4.74 Å². The third kappa shape index (κ3) is 1.81. The van der Waals surface area contributed by atoms with E-state index >= 15 is 0 Å². The first-order valence-corrected chi connectivity index (χ1v) is 7.38. The zero-order chi connectivity index (χ0) is 14.5. The second-order valence-electron chi connectivity index (χ2n) is 5.04. The van der Waals surface area contributed by atoms with Crippen molar-refractivity contribution < 1.29 is 13.5 Å². The van der Waals surface area contributed by atoms with Crippen LogP contribution in [-0.4, -0.2) is 11.6 Å². The molecule has 1 unspecified atom stereocenters. The molecule has 3 aromatic rings. The Kier molecular flexibility index (Phi) is 2.65. The normalized spacial score (nSPS) is 21.6. The first-order valence-electron chi connectivity index (χ1n) is 6.57. The molecule has 0 spiro atoms. The third-order valence-corrected chi connectivity index (χ3v) is 4.85. The van der Waals surface area contributed by atoms with Crippen LogP contribution < -0.4 is 0 Å². The van der Waals surface area contributed by atoms with Gasteiger partial charge in [-0.05, 0) is 17.7 Å². The highest BCUT2D eigenvalue weighted by atomic mass is 32.1. The number of epoxide rings is 1. The minimum Gasteiger partial charge on any atom is -0.357 e. The van der Waals surface area contributed by atoms with Crippen molar-refractivity contribution in [1.82, 2.24) is 4.98 Å². The van der Waals surface area contributed by atoms with Crippen LogP contribution in [0.25, 0.3) is 10.2 Å². The molecule has 2 aromatic carbocycles. The van der Waals surface area contributed by atoms with E-state index in [4.69, 9.17) is 4.74 Å². The summed E-state index contributed by atoms with van der Waals surface area (Å²) in [5, 5.41) is -0.190. The number of ether oxygens (including phenoxy) is 1. The standard InChI is InChI=1S/C16H11F2NOS/c17-16(18,14-19-12-8-4-5-9-13(12)21-14)15(10-20-15)11-6-2-1-3-7-11/h1-9H,10H2. The molecule has 0 saturated carbocycles. The first-order chi connectivity index (χ1) is 10.1. The topological polar surface area (TPSA) is 25.4 Å². The monoisotopic (exact) mass is 303 g/mol. The molecule has 1 atom stereocenters. The zero-order valence-electron chi connectivity index (χ0n) is 10.9. The Bertz CT molecular complexity index is 763. The summed E-state index contributed by atoms with van der Waals surface area (Å²) in [5.74, 6) is -3.14. The van der Waals surface area contributed by atoms with Gasteiger partial charge in [0, 0.05) is 0 Å². The smallest absolute Gasteiger partial charge is 0.333 e. The molecule has 106 valence electrons. The second-order valence-corrected chi connectivity index (χ2v) is 6.07. The Balaban J connectivity index is 1.83. The predicted octanol–water partition coefficient (Wildman–Crippen LogP) is 4.31. The van der Waals surface area contributed by atoms with Crippen molar-refractivity contribution in [1.29, 1.82) is 0 Å². The Morgan fingerprint density at radius 3 is 2.38 bits per heavy atom. The molecule has 0 N–H and O–H groups in total. The number of hydrogen-bond donors (Lipinski definition) is 0. The number of hydrogen-bond acceptors (Lipinski definition) is 3. The maximum absolute atomic E-state index is 14.9. The molecule has 1 aliphatic heterocycles. The molecular weight excluding hydrogens is 292 g/mol. The van der Waals surface area contributed by atoms with Crippen molar-refractivity contribution >= 4 is 21.6 Å². The van der Waals surface area contributed by atoms with E-state index in [1.807, 2.05) is 6.07 Å². The van der Waals surface area contributed by atoms with Gasteiger partial charge in [0.05, 0.1) is 16.8 Å². The lowest BCUT2D eigenvalue weighted by Crippen LogP contribution is -2.32. The summed E-state index contributed by atoms with van der Waals surface area (Å²) in [4.78, 5) is 4.10. The van der Waals surface area contributed by atoms with Crippen LogP contribution in [0.5, 0.6) is 0 Å². The molecule has 0 aliphatic carbocycles. The lowest BCUT2D eigenvalue weighted by Gasteiger charge is -2.22. The highest BCUT2D eigenvalue weighted by Gasteiger charge is 2.67. The Labute approximate surface area is 124 Å². The molecule has 1 saturated heterocycles. The van der Waals surface area contributed by atoms with Crippen molar-refractivity contribution in [2.45, 2.75) is 11.5 Å². The van der Waals surface area contributed by atoms with Crippen LogP contribution in [0.4, 0.5) is 8.78 Å². The molecule has 21 heavy (non-hydrogen) atoms. The molecule has 2 nitrogen and oxygen atoms in total. The van der Waals surface area contributed by atoms with Gasteiger partial charge in [-0.15, -0.1) is 11.3 Å². The number of para-hydroxylation sites is 1. The van der Waals surface area contributed by atoms with Gasteiger partial charge >= 0.3 is 5.92 Å². The van der Waals surface area contributed by atoms with E-state index in [1.54, 1.807) is 48.5 Å². The van der Waals surface area contributed by atoms with Crippen LogP contribution in [0.15, 0.2) is 54.6 Å². The minimum absolute atomic E-state index is 0.0138. The van der Waals surface area contributed by atoms with Crippen LogP contribution in [0.2, 0.25) is 0 Å². The van der Waals surface area contributed by atoms with Gasteiger partial charge in [-0.1, -0.05) is 42.5 Å². The van der Waals surface area contributed by atoms with Gasteiger partial charge in [-0.2, -0.15) is 8.78 Å². The zero-order valence-corrected chi connectivity index (χ0v) is 11.7. The lowest BCUT2D eigenvalue weighted by atomic mass is 9.93. The van der Waals surface area contributed by atoms with Gasteiger partial charge in [-0.3, -0.25) is 0 Å². The van der Waals surface area contributed by atoms with E-state index in [9.17, 15) is 8.78 Å². The van der Waals surface area contributed by atoms with E-state index in [0.29, 0.717) is 11.1 Å². The fourth-order valence-electron chi connectivity index (χ4n) is 2.49. The van der Waals surface area contributed by atoms with Crippen LogP contribution in [0, 0.1) is 0 Å². The summed E-state index contributed by atoms with van der Waals surface area (Å²) >= 11 is 1.02. The molecule has 4 rings (SSSR count). The van der Waals surface area contributed by atoms with Crippen molar-refractivity contribution in [2.24, 2.45) is 0 Å². The molecule has 0 bridgehead atoms. The molecule has 0 amide bonds. The molecule has 0 radical (unpaired) electrons. The molecule has 2 heterocycles. The van der Waals surface area contributed by atoms with E-state index in [-0.39, 0.29) is 11.6 Å². The average Bonchev–Trinajstić information content (AvgIpc) is 3.22. The minimum atomic E-state index is -3.14. The number of thiazole rings is 1. The first kappa shape index (κ1) is 12.9. The van der Waals surface area contributed by atoms with Crippen LogP contribution in [-0.2, 0) is 16.3 Å². The number of aromatic nitrogens is 1. The fourth-order valence-corrected chi connectivity index (χ4v) is 3.50. The van der Waals surface area contributed by atoms with Crippen LogP contribution >= 0.6 is 11.3 Å². The van der Waals surface area contributed by atoms with E-state index in [2.05, 4.69) is 4.98 Å². The number of benzene rings is 2. The summed E-state index contributed by atoms with van der Waals surface area (Å²) < 4.78 is 35.9. The third-order valence-electron chi connectivity index (χ3n) is 3.74. The maximum atomic E-state index is 14.9. The lowest BCUT2D eigenvalue weighted by molar-refractivity contribution is -0.0853. The predicted molar refractivity (Wildman–Crippen MR) is 77.6 cm³/mol. The number of halogens is 2. The Morgan fingerprint density at radius 1 is 1.05 bits per heavy atom. The van der Waals surface area contributed by atoms with E-state index < -0.39 is 11.5 Å². The highest BCUT2D eigenvalue weighted by Crippen LogP contribution is 2.57. The Morgan fingerprint density at radius 2 is 1.71 bits per heavy atom. The van der Waals surface area contributed by atoms with Crippen molar-refractivity contribution in [3.63, 3.8) is 0 Å². The fraction of sp³-hybridized carbons (Fsp3) is 0.188. The summed E-state index contributed by atoms with van der Waals surface area (Å²) in [6.07, 6.45) is 0. The van der Waals surface area contributed by atoms with E-state index in [0.717, 1.165) is 16.0 Å². The molecule has 1 fully saturated rings. The number of nitrogens with zero attached hydrogens (tertiary/aromatic N) is 1. The van der Waals surface area contributed by atoms with Gasteiger partial charge in [0.2, 0.25) is 0 Å². The number of alkyl halides is 2. The second kappa shape index (κ2) is 4.32. The average molecular weight is 303 g/mol. The summed E-state index contributed by atoms with van der Waals surface area (Å²) in [6, 6.07) is 15.8. The summed E-state index contributed by atoms with van der Waals surface area (Å²) in [7, 11) is 0. The van der Waals surface area contributed by atoms with E-state index in [1.165, 1.54) is 0 Å². The number of fused-ring (bicyclic) bond motifs is 1. The highest BCUT2D eigenvalue weighted by molar-refractivity contribution is 7.18. The van der Waals surface area contributed by atoms with Gasteiger partial charge in [0.15, 0.2) is 10.6 Å². The molecule has 1 aromatic heterocycles. The SMILES string of the molecule is FC(F)(c1nc2ccccc2s1)C1(c2ccccc2)CO1. The maximum Gasteiger partial charge on any atom is 0.333 e. The molecule has 5 heteroatoms. The van der Waals surface area contributed by atoms with Crippen molar-refractivity contribution in [2.75, 3.05) is 6.61 Å². The summed E-state index contributed by atoms with van der Waals surface area (Å²) in [5.41, 5.74) is -0.474.